The Morgan fingerprint density at radius 1 is 1.53 bits per heavy atom. The van der Waals surface area contributed by atoms with Crippen molar-refractivity contribution in [1.82, 2.24) is 0 Å². The number of aryl methyl sites for hydroxylation is 1. The molecule has 1 aromatic carbocycles. The van der Waals surface area contributed by atoms with Crippen LogP contribution >= 0.6 is 0 Å². The van der Waals surface area contributed by atoms with Crippen LogP contribution in [0, 0.1) is 22.9 Å². The minimum Gasteiger partial charge on any atom is -0.465 e. The number of methoxy groups -OCH3 is 1. The molecule has 0 spiro atoms. The molecule has 0 aliphatic carbocycles. The molecule has 0 heterocycles. The van der Waals surface area contributed by atoms with Gasteiger partial charge in [-0.3, -0.25) is 10.1 Å². The van der Waals surface area contributed by atoms with Gasteiger partial charge < -0.3 is 4.74 Å². The molecule has 0 fully saturated rings. The Kier molecular flexibility index (Phi) is 2.99. The van der Waals surface area contributed by atoms with Crippen molar-refractivity contribution in [3.63, 3.8) is 0 Å². The Hall–Kier alpha value is -1.98. The van der Waals surface area contributed by atoms with E-state index in [1.165, 1.54) is 19.1 Å². The summed E-state index contributed by atoms with van der Waals surface area (Å²) in [7, 11) is 1.07. The third-order valence-corrected chi connectivity index (χ3v) is 1.90. The monoisotopic (exact) mass is 213 g/mol. The van der Waals surface area contributed by atoms with Gasteiger partial charge in [0.05, 0.1) is 12.0 Å². The fourth-order valence-corrected chi connectivity index (χ4v) is 1.12. The van der Waals surface area contributed by atoms with Crippen LogP contribution < -0.4 is 0 Å². The number of hydrogen-bond donors (Lipinski definition) is 0. The summed E-state index contributed by atoms with van der Waals surface area (Å²) in [5.74, 6) is -1.94. The summed E-state index contributed by atoms with van der Waals surface area (Å²) in [6.45, 7) is 1.38. The van der Waals surface area contributed by atoms with Gasteiger partial charge in [0.25, 0.3) is 0 Å². The second-order valence-corrected chi connectivity index (χ2v) is 2.84. The first-order valence-electron chi connectivity index (χ1n) is 4.00. The van der Waals surface area contributed by atoms with Crippen molar-refractivity contribution in [2.45, 2.75) is 6.92 Å². The molecule has 1 rings (SSSR count). The van der Waals surface area contributed by atoms with Crippen molar-refractivity contribution >= 4 is 11.7 Å². The summed E-state index contributed by atoms with van der Waals surface area (Å²) >= 11 is 0. The number of rotatable bonds is 2. The standard InChI is InChI=1S/C9H8FNO4/c1-5-3-4-6(9(12)15-2)8(7(5)10)11(13)14/h3-4H,1-2H3. The number of carbonyl (C=O) groups excluding carboxylic acids is 1. The van der Waals surface area contributed by atoms with E-state index in [2.05, 4.69) is 4.74 Å². The Morgan fingerprint density at radius 3 is 2.60 bits per heavy atom. The van der Waals surface area contributed by atoms with Crippen LogP contribution in [0.1, 0.15) is 15.9 Å². The molecule has 5 nitrogen and oxygen atoms in total. The molecule has 0 radical (unpaired) electrons. The van der Waals surface area contributed by atoms with Crippen LogP contribution in [-0.2, 0) is 4.74 Å². The maximum Gasteiger partial charge on any atom is 0.345 e. The van der Waals surface area contributed by atoms with Crippen LogP contribution in [0.25, 0.3) is 0 Å². The highest BCUT2D eigenvalue weighted by Crippen LogP contribution is 2.25. The summed E-state index contributed by atoms with van der Waals surface area (Å²) in [6.07, 6.45) is 0. The van der Waals surface area contributed by atoms with E-state index in [1.54, 1.807) is 0 Å². The Morgan fingerprint density at radius 2 is 2.13 bits per heavy atom. The first-order chi connectivity index (χ1) is 6.99. The van der Waals surface area contributed by atoms with E-state index in [4.69, 9.17) is 0 Å². The van der Waals surface area contributed by atoms with Gasteiger partial charge in [0.1, 0.15) is 5.56 Å². The normalized spacial score (nSPS) is 9.80. The van der Waals surface area contributed by atoms with Gasteiger partial charge in [-0.1, -0.05) is 6.07 Å². The smallest absolute Gasteiger partial charge is 0.345 e. The zero-order chi connectivity index (χ0) is 11.6. The number of halogens is 1. The van der Waals surface area contributed by atoms with E-state index in [9.17, 15) is 19.3 Å². The Balaban J connectivity index is 3.46. The van der Waals surface area contributed by atoms with Crippen molar-refractivity contribution in [2.24, 2.45) is 0 Å². The van der Waals surface area contributed by atoms with Gasteiger partial charge in [-0.25, -0.2) is 4.79 Å². The summed E-state index contributed by atoms with van der Waals surface area (Å²) in [6, 6.07) is 2.46. The minimum absolute atomic E-state index is 0.106. The topological polar surface area (TPSA) is 69.4 Å². The highest BCUT2D eigenvalue weighted by atomic mass is 19.1. The maximum absolute atomic E-state index is 13.4. The first kappa shape index (κ1) is 11.1. The van der Waals surface area contributed by atoms with Crippen LogP contribution in [0.2, 0.25) is 0 Å². The quantitative estimate of drug-likeness (QED) is 0.427. The van der Waals surface area contributed by atoms with Crippen molar-refractivity contribution in [3.05, 3.63) is 39.2 Å². The molecule has 0 saturated heterocycles. The molecule has 1 aromatic rings. The zero-order valence-corrected chi connectivity index (χ0v) is 8.11. The molecule has 0 N–H and O–H groups in total. The Bertz CT molecular complexity index is 430. The molecule has 0 saturated carbocycles. The highest BCUT2D eigenvalue weighted by molar-refractivity contribution is 5.94. The SMILES string of the molecule is COC(=O)c1ccc(C)c(F)c1[N+](=O)[O-]. The second-order valence-electron chi connectivity index (χ2n) is 2.84. The Labute approximate surface area is 84.6 Å². The average Bonchev–Trinajstić information content (AvgIpc) is 2.20. The predicted octanol–water partition coefficient (Wildman–Crippen LogP) is 1.83. The van der Waals surface area contributed by atoms with Gasteiger partial charge in [0.2, 0.25) is 5.82 Å². The molecular formula is C9H8FNO4. The summed E-state index contributed by atoms with van der Waals surface area (Å²) < 4.78 is 17.7. The zero-order valence-electron chi connectivity index (χ0n) is 8.11. The van der Waals surface area contributed by atoms with Crippen molar-refractivity contribution in [1.29, 1.82) is 0 Å². The summed E-state index contributed by atoms with van der Waals surface area (Å²) in [5.41, 5.74) is -1.12. The fraction of sp³-hybridized carbons (Fsp3) is 0.222. The predicted molar refractivity (Wildman–Crippen MR) is 49.1 cm³/mol. The lowest BCUT2D eigenvalue weighted by Gasteiger charge is -2.03. The lowest BCUT2D eigenvalue weighted by Crippen LogP contribution is -2.08. The number of nitrogens with zero attached hydrogens (tertiary/aromatic N) is 1. The molecule has 0 aliphatic heterocycles. The van der Waals surface area contributed by atoms with Crippen LogP contribution in [0.4, 0.5) is 10.1 Å². The van der Waals surface area contributed by atoms with Gasteiger partial charge in [0, 0.05) is 0 Å². The molecule has 0 amide bonds. The molecule has 0 unspecified atom stereocenters. The molecule has 80 valence electrons. The van der Waals surface area contributed by atoms with Gasteiger partial charge in [0.15, 0.2) is 0 Å². The van der Waals surface area contributed by atoms with E-state index in [0.717, 1.165) is 7.11 Å². The first-order valence-corrected chi connectivity index (χ1v) is 4.00. The van der Waals surface area contributed by atoms with E-state index < -0.39 is 22.4 Å². The van der Waals surface area contributed by atoms with Gasteiger partial charge in [-0.05, 0) is 18.6 Å². The van der Waals surface area contributed by atoms with E-state index in [-0.39, 0.29) is 11.1 Å². The van der Waals surface area contributed by atoms with Crippen LogP contribution in [0.5, 0.6) is 0 Å². The molecule has 15 heavy (non-hydrogen) atoms. The van der Waals surface area contributed by atoms with Crippen molar-refractivity contribution in [3.8, 4) is 0 Å². The van der Waals surface area contributed by atoms with Crippen molar-refractivity contribution < 1.29 is 18.8 Å². The number of benzene rings is 1. The van der Waals surface area contributed by atoms with E-state index >= 15 is 0 Å². The fourth-order valence-electron chi connectivity index (χ4n) is 1.12. The van der Waals surface area contributed by atoms with Gasteiger partial charge in [-0.15, -0.1) is 0 Å². The molecule has 0 atom stereocenters. The van der Waals surface area contributed by atoms with Crippen LogP contribution in [0.15, 0.2) is 12.1 Å². The molecule has 0 bridgehead atoms. The molecule has 0 aliphatic rings. The number of ether oxygens (including phenoxy) is 1. The molecule has 0 aromatic heterocycles. The third-order valence-electron chi connectivity index (χ3n) is 1.90. The van der Waals surface area contributed by atoms with Crippen LogP contribution in [0.3, 0.4) is 0 Å². The number of hydrogen-bond acceptors (Lipinski definition) is 4. The number of carbonyl (C=O) groups is 1. The van der Waals surface area contributed by atoms with E-state index in [0.29, 0.717) is 0 Å². The lowest BCUT2D eigenvalue weighted by atomic mass is 10.1. The molecular weight excluding hydrogens is 205 g/mol. The largest absolute Gasteiger partial charge is 0.465 e. The lowest BCUT2D eigenvalue weighted by molar-refractivity contribution is -0.387. The summed E-state index contributed by atoms with van der Waals surface area (Å²) in [5, 5.41) is 10.6. The van der Waals surface area contributed by atoms with Gasteiger partial charge >= 0.3 is 11.7 Å². The highest BCUT2D eigenvalue weighted by Gasteiger charge is 2.26. The average molecular weight is 213 g/mol. The number of esters is 1. The van der Waals surface area contributed by atoms with E-state index in [1.807, 2.05) is 0 Å². The number of nitro benzene ring substituents is 1. The summed E-state index contributed by atoms with van der Waals surface area (Å²) in [4.78, 5) is 20.7. The molecule has 6 heteroatoms. The van der Waals surface area contributed by atoms with Gasteiger partial charge in [-0.2, -0.15) is 4.39 Å². The number of nitro groups is 1. The third kappa shape index (κ3) is 1.93. The second kappa shape index (κ2) is 4.04. The van der Waals surface area contributed by atoms with Crippen molar-refractivity contribution in [2.75, 3.05) is 7.11 Å². The van der Waals surface area contributed by atoms with Crippen LogP contribution in [-0.4, -0.2) is 18.0 Å². The minimum atomic E-state index is -1.01. The maximum atomic E-state index is 13.4.